The van der Waals surface area contributed by atoms with Gasteiger partial charge in [0, 0.05) is 0 Å². The van der Waals surface area contributed by atoms with Crippen LogP contribution in [0.15, 0.2) is 11.1 Å². The van der Waals surface area contributed by atoms with Gasteiger partial charge in [0.05, 0.1) is 22.9 Å². The lowest BCUT2D eigenvalue weighted by atomic mass is 9.84. The maximum absolute atomic E-state index is 11.3. The molecular formula is C9H8O4. The molecule has 0 unspecified atom stereocenters. The number of esters is 2. The Morgan fingerprint density at radius 2 is 2.15 bits per heavy atom. The molecule has 1 saturated heterocycles. The Morgan fingerprint density at radius 1 is 1.38 bits per heavy atom. The first-order valence-corrected chi connectivity index (χ1v) is 4.31. The van der Waals surface area contributed by atoms with E-state index < -0.39 is 17.5 Å². The second-order valence-electron chi connectivity index (χ2n) is 3.84. The van der Waals surface area contributed by atoms with Gasteiger partial charge in [-0.05, 0) is 19.8 Å². The molecule has 3 aliphatic rings. The maximum Gasteiger partial charge on any atom is 0.345 e. The van der Waals surface area contributed by atoms with E-state index in [1.807, 2.05) is 6.92 Å². The van der Waals surface area contributed by atoms with Crippen molar-refractivity contribution in [2.45, 2.75) is 31.5 Å². The van der Waals surface area contributed by atoms with Gasteiger partial charge in [0.1, 0.15) is 0 Å². The molecule has 0 aromatic heterocycles. The zero-order valence-corrected chi connectivity index (χ0v) is 7.12. The van der Waals surface area contributed by atoms with Gasteiger partial charge in [-0.2, -0.15) is 0 Å². The molecule has 2 bridgehead atoms. The molecule has 3 rings (SSSR count). The highest BCUT2D eigenvalue weighted by Crippen LogP contribution is 2.50. The van der Waals surface area contributed by atoms with E-state index in [0.717, 1.165) is 12.8 Å². The summed E-state index contributed by atoms with van der Waals surface area (Å²) < 4.78 is 10.1. The van der Waals surface area contributed by atoms with Gasteiger partial charge in [0.15, 0.2) is 0 Å². The topological polar surface area (TPSA) is 52.6 Å². The number of carbonyl (C=O) groups is 2. The molecule has 0 amide bonds. The smallest absolute Gasteiger partial charge is 0.345 e. The molecule has 0 aromatic carbocycles. The molecule has 68 valence electrons. The fourth-order valence-corrected chi connectivity index (χ4v) is 2.42. The second-order valence-corrected chi connectivity index (χ2v) is 3.84. The lowest BCUT2D eigenvalue weighted by molar-refractivity contribution is -0.153. The molecule has 2 atom stereocenters. The summed E-state index contributed by atoms with van der Waals surface area (Å²) in [5.41, 5.74) is 0.385. The number of rotatable bonds is 0. The standard InChI is InChI=1S/C9H8O4/c1-9-3-2-4(13-9)5-6(9)8(11)12-7(5)10/h4H,2-3H2,1H3/t4-,9-/m0/s1. The summed E-state index contributed by atoms with van der Waals surface area (Å²) in [4.78, 5) is 22.5. The van der Waals surface area contributed by atoms with Crippen LogP contribution in [0.3, 0.4) is 0 Å². The van der Waals surface area contributed by atoms with Gasteiger partial charge in [-0.1, -0.05) is 0 Å². The van der Waals surface area contributed by atoms with Crippen molar-refractivity contribution < 1.29 is 19.1 Å². The summed E-state index contributed by atoms with van der Waals surface area (Å²) in [6, 6.07) is 0. The molecular weight excluding hydrogens is 172 g/mol. The highest BCUT2D eigenvalue weighted by Gasteiger charge is 2.58. The van der Waals surface area contributed by atoms with Crippen molar-refractivity contribution in [2.75, 3.05) is 0 Å². The average molecular weight is 180 g/mol. The van der Waals surface area contributed by atoms with E-state index in [2.05, 4.69) is 4.74 Å². The fraction of sp³-hybridized carbons (Fsp3) is 0.556. The SMILES string of the molecule is C[C@@]12CC[C@H](O1)C1=C2C(=O)OC1=O. The third-order valence-corrected chi connectivity index (χ3v) is 3.02. The van der Waals surface area contributed by atoms with Crippen LogP contribution in [0.2, 0.25) is 0 Å². The van der Waals surface area contributed by atoms with Gasteiger partial charge in [-0.25, -0.2) is 9.59 Å². The molecule has 0 spiro atoms. The maximum atomic E-state index is 11.3. The van der Waals surface area contributed by atoms with Crippen LogP contribution in [0, 0.1) is 0 Å². The molecule has 13 heavy (non-hydrogen) atoms. The van der Waals surface area contributed by atoms with Crippen molar-refractivity contribution in [3.05, 3.63) is 11.1 Å². The third kappa shape index (κ3) is 0.659. The van der Waals surface area contributed by atoms with Crippen LogP contribution in [-0.2, 0) is 19.1 Å². The van der Waals surface area contributed by atoms with E-state index in [0.29, 0.717) is 11.1 Å². The van der Waals surface area contributed by atoms with Gasteiger partial charge in [-0.3, -0.25) is 0 Å². The van der Waals surface area contributed by atoms with Crippen molar-refractivity contribution in [1.82, 2.24) is 0 Å². The van der Waals surface area contributed by atoms with Crippen molar-refractivity contribution in [1.29, 1.82) is 0 Å². The van der Waals surface area contributed by atoms with Crippen LogP contribution in [0.5, 0.6) is 0 Å². The van der Waals surface area contributed by atoms with Crippen molar-refractivity contribution >= 4 is 11.9 Å². The molecule has 4 heteroatoms. The summed E-state index contributed by atoms with van der Waals surface area (Å²) in [6.45, 7) is 1.84. The van der Waals surface area contributed by atoms with Gasteiger partial charge < -0.3 is 9.47 Å². The average Bonchev–Trinajstić information content (AvgIpc) is 2.62. The van der Waals surface area contributed by atoms with Gasteiger partial charge in [-0.15, -0.1) is 0 Å². The van der Waals surface area contributed by atoms with E-state index in [9.17, 15) is 9.59 Å². The minimum Gasteiger partial charge on any atom is -0.386 e. The predicted molar refractivity (Wildman–Crippen MR) is 40.6 cm³/mol. The minimum absolute atomic E-state index is 0.195. The van der Waals surface area contributed by atoms with E-state index in [1.54, 1.807) is 0 Å². The summed E-state index contributed by atoms with van der Waals surface area (Å²) in [5.74, 6) is -1.02. The Hall–Kier alpha value is -1.16. The number of ether oxygens (including phenoxy) is 2. The summed E-state index contributed by atoms with van der Waals surface area (Å²) in [6.07, 6.45) is 1.43. The Kier molecular flexibility index (Phi) is 1.03. The molecule has 3 aliphatic heterocycles. The first kappa shape index (κ1) is 7.26. The van der Waals surface area contributed by atoms with E-state index in [1.165, 1.54) is 0 Å². The van der Waals surface area contributed by atoms with Gasteiger partial charge in [0.2, 0.25) is 0 Å². The molecule has 0 aromatic rings. The number of hydrogen-bond donors (Lipinski definition) is 0. The van der Waals surface area contributed by atoms with Gasteiger partial charge >= 0.3 is 11.9 Å². The first-order valence-electron chi connectivity index (χ1n) is 4.31. The molecule has 1 fully saturated rings. The van der Waals surface area contributed by atoms with Crippen molar-refractivity contribution in [3.8, 4) is 0 Å². The first-order chi connectivity index (χ1) is 6.12. The predicted octanol–water partition coefficient (Wildman–Crippen LogP) is 0.318. The van der Waals surface area contributed by atoms with Crippen LogP contribution in [0.1, 0.15) is 19.8 Å². The van der Waals surface area contributed by atoms with Crippen LogP contribution in [-0.4, -0.2) is 23.6 Å². The van der Waals surface area contributed by atoms with Crippen LogP contribution >= 0.6 is 0 Å². The van der Waals surface area contributed by atoms with E-state index in [-0.39, 0.29) is 6.10 Å². The zero-order valence-electron chi connectivity index (χ0n) is 7.12. The van der Waals surface area contributed by atoms with Crippen LogP contribution in [0.25, 0.3) is 0 Å². The molecule has 3 heterocycles. The molecule has 0 N–H and O–H groups in total. The fourth-order valence-electron chi connectivity index (χ4n) is 2.42. The Labute approximate surface area is 74.5 Å². The zero-order chi connectivity index (χ0) is 9.22. The molecule has 0 saturated carbocycles. The largest absolute Gasteiger partial charge is 0.386 e. The van der Waals surface area contributed by atoms with Crippen LogP contribution < -0.4 is 0 Å². The highest BCUT2D eigenvalue weighted by molar-refractivity contribution is 6.15. The molecule has 4 nitrogen and oxygen atoms in total. The lowest BCUT2D eigenvalue weighted by Crippen LogP contribution is -2.27. The summed E-state index contributed by atoms with van der Waals surface area (Å²) in [5, 5.41) is 0. The quantitative estimate of drug-likeness (QED) is 0.398. The number of cyclic esters (lactones) is 2. The van der Waals surface area contributed by atoms with E-state index >= 15 is 0 Å². The van der Waals surface area contributed by atoms with Crippen LogP contribution in [0.4, 0.5) is 0 Å². The normalized spacial score (nSPS) is 41.5. The minimum atomic E-state index is -0.552. The molecule has 0 radical (unpaired) electrons. The third-order valence-electron chi connectivity index (χ3n) is 3.02. The Bertz CT molecular complexity index is 368. The summed E-state index contributed by atoms with van der Waals surface area (Å²) >= 11 is 0. The van der Waals surface area contributed by atoms with Crippen molar-refractivity contribution in [2.24, 2.45) is 0 Å². The number of fused-ring (bicyclic) bond motifs is 4. The Balaban J connectivity index is 2.22. The summed E-state index contributed by atoms with van der Waals surface area (Å²) in [7, 11) is 0. The number of carbonyl (C=O) groups excluding carboxylic acids is 2. The van der Waals surface area contributed by atoms with Crippen molar-refractivity contribution in [3.63, 3.8) is 0 Å². The second kappa shape index (κ2) is 1.85. The lowest BCUT2D eigenvalue weighted by Gasteiger charge is -2.19. The van der Waals surface area contributed by atoms with E-state index in [4.69, 9.17) is 4.74 Å². The highest BCUT2D eigenvalue weighted by atomic mass is 16.6. The molecule has 0 aliphatic carbocycles. The number of hydrogen-bond acceptors (Lipinski definition) is 4. The monoisotopic (exact) mass is 180 g/mol. The van der Waals surface area contributed by atoms with Gasteiger partial charge in [0.25, 0.3) is 0 Å². The Morgan fingerprint density at radius 3 is 2.85 bits per heavy atom.